The third-order valence-electron chi connectivity index (χ3n) is 3.77. The van der Waals surface area contributed by atoms with Crippen molar-refractivity contribution in [1.82, 2.24) is 10.2 Å². The third kappa shape index (κ3) is 4.46. The van der Waals surface area contributed by atoms with Crippen molar-refractivity contribution < 1.29 is 13.9 Å². The first kappa shape index (κ1) is 18.0. The lowest BCUT2D eigenvalue weighted by atomic mass is 10.00. The van der Waals surface area contributed by atoms with Gasteiger partial charge in [0, 0.05) is 43.9 Å². The second-order valence-corrected chi connectivity index (χ2v) is 4.89. The van der Waals surface area contributed by atoms with E-state index in [4.69, 9.17) is 9.47 Å². The second kappa shape index (κ2) is 9.07. The van der Waals surface area contributed by atoms with Gasteiger partial charge < -0.3 is 14.8 Å². The number of hydrogen-bond donors (Lipinski definition) is 1. The molecule has 0 unspecified atom stereocenters. The number of hydrogen-bond acceptors (Lipinski definition) is 4. The summed E-state index contributed by atoms with van der Waals surface area (Å²) in [6.45, 7) is 3.42. The predicted molar refractivity (Wildman–Crippen MR) is 84.6 cm³/mol. The Bertz CT molecular complexity index is 428. The third-order valence-corrected chi connectivity index (χ3v) is 3.77. The van der Waals surface area contributed by atoms with Crippen LogP contribution in [-0.4, -0.2) is 52.0 Å². The topological polar surface area (TPSA) is 33.7 Å². The van der Waals surface area contributed by atoms with Crippen LogP contribution in [0.25, 0.3) is 0 Å². The Morgan fingerprint density at radius 1 is 1.24 bits per heavy atom. The van der Waals surface area contributed by atoms with E-state index in [1.807, 2.05) is 18.2 Å². The van der Waals surface area contributed by atoms with Crippen LogP contribution >= 0.6 is 12.4 Å². The Labute approximate surface area is 132 Å². The molecule has 2 rings (SSSR count). The highest BCUT2D eigenvalue weighted by Crippen LogP contribution is 2.34. The Kier molecular flexibility index (Phi) is 7.78. The van der Waals surface area contributed by atoms with Crippen molar-refractivity contribution in [2.45, 2.75) is 12.5 Å². The van der Waals surface area contributed by atoms with E-state index in [1.165, 1.54) is 0 Å². The minimum Gasteiger partial charge on any atom is -0.497 e. The van der Waals surface area contributed by atoms with E-state index in [2.05, 4.69) is 10.2 Å². The molecule has 120 valence electrons. The standard InChI is InChI=1S/C15H23FN2O2.ClH/c1-19-12-3-4-13(15(11-12)20-2)14(5-6-16)18-9-7-17-8-10-18;/h3-4,11,14,17H,5-10H2,1-2H3;1H/t14-;/m1./s1. The first-order chi connectivity index (χ1) is 9.80. The zero-order valence-corrected chi connectivity index (χ0v) is 13.4. The molecule has 0 bridgehead atoms. The normalized spacial score (nSPS) is 16.9. The number of piperazine rings is 1. The average Bonchev–Trinajstić information content (AvgIpc) is 2.53. The molecule has 0 spiro atoms. The number of nitrogens with one attached hydrogen (secondary N) is 1. The van der Waals surface area contributed by atoms with E-state index in [0.29, 0.717) is 6.42 Å². The van der Waals surface area contributed by atoms with Crippen LogP contribution in [0.4, 0.5) is 4.39 Å². The summed E-state index contributed by atoms with van der Waals surface area (Å²) in [5.74, 6) is 1.52. The molecule has 1 aromatic rings. The highest BCUT2D eigenvalue weighted by molar-refractivity contribution is 5.85. The first-order valence-corrected chi connectivity index (χ1v) is 7.02. The molecule has 4 nitrogen and oxygen atoms in total. The maximum atomic E-state index is 13.0. The van der Waals surface area contributed by atoms with Crippen LogP contribution in [0, 0.1) is 0 Å². The lowest BCUT2D eigenvalue weighted by Crippen LogP contribution is -2.45. The summed E-state index contributed by atoms with van der Waals surface area (Å²) >= 11 is 0. The van der Waals surface area contributed by atoms with Gasteiger partial charge >= 0.3 is 0 Å². The zero-order chi connectivity index (χ0) is 14.4. The van der Waals surface area contributed by atoms with Crippen molar-refractivity contribution in [3.63, 3.8) is 0 Å². The maximum Gasteiger partial charge on any atom is 0.127 e. The largest absolute Gasteiger partial charge is 0.497 e. The molecule has 0 aromatic heterocycles. The lowest BCUT2D eigenvalue weighted by molar-refractivity contribution is 0.155. The quantitative estimate of drug-likeness (QED) is 0.873. The second-order valence-electron chi connectivity index (χ2n) is 4.89. The van der Waals surface area contributed by atoms with E-state index in [9.17, 15) is 4.39 Å². The van der Waals surface area contributed by atoms with Gasteiger partial charge in [0.25, 0.3) is 0 Å². The summed E-state index contributed by atoms with van der Waals surface area (Å²) in [5.41, 5.74) is 1.04. The molecule has 1 fully saturated rings. The van der Waals surface area contributed by atoms with Gasteiger partial charge in [-0.3, -0.25) is 9.29 Å². The van der Waals surface area contributed by atoms with Crippen molar-refractivity contribution >= 4 is 12.4 Å². The van der Waals surface area contributed by atoms with Crippen molar-refractivity contribution in [1.29, 1.82) is 0 Å². The minimum atomic E-state index is -0.330. The van der Waals surface area contributed by atoms with Gasteiger partial charge in [0.1, 0.15) is 11.5 Å². The molecule has 1 aliphatic rings. The molecule has 1 aromatic carbocycles. The van der Waals surface area contributed by atoms with Crippen molar-refractivity contribution in [2.75, 3.05) is 47.1 Å². The summed E-state index contributed by atoms with van der Waals surface area (Å²) in [6, 6.07) is 5.82. The van der Waals surface area contributed by atoms with E-state index < -0.39 is 0 Å². The highest BCUT2D eigenvalue weighted by atomic mass is 35.5. The Morgan fingerprint density at radius 3 is 2.52 bits per heavy atom. The van der Waals surface area contributed by atoms with Crippen LogP contribution in [0.15, 0.2) is 18.2 Å². The smallest absolute Gasteiger partial charge is 0.127 e. The minimum absolute atomic E-state index is 0. The van der Waals surface area contributed by atoms with Crippen molar-refractivity contribution in [3.05, 3.63) is 23.8 Å². The van der Waals surface area contributed by atoms with Crippen LogP contribution in [-0.2, 0) is 0 Å². The summed E-state index contributed by atoms with van der Waals surface area (Å²) in [7, 11) is 3.27. The maximum absolute atomic E-state index is 13.0. The fraction of sp³-hybridized carbons (Fsp3) is 0.600. The van der Waals surface area contributed by atoms with Crippen LogP contribution in [0.5, 0.6) is 11.5 Å². The average molecular weight is 319 g/mol. The first-order valence-electron chi connectivity index (χ1n) is 7.02. The Balaban J connectivity index is 0.00000220. The van der Waals surface area contributed by atoms with Gasteiger partial charge in [-0.05, 0) is 12.5 Å². The number of halogens is 2. The van der Waals surface area contributed by atoms with E-state index in [-0.39, 0.29) is 25.1 Å². The lowest BCUT2D eigenvalue weighted by Gasteiger charge is -2.35. The van der Waals surface area contributed by atoms with E-state index in [1.54, 1.807) is 14.2 Å². The van der Waals surface area contributed by atoms with Crippen LogP contribution in [0.2, 0.25) is 0 Å². The molecule has 0 saturated carbocycles. The van der Waals surface area contributed by atoms with Gasteiger partial charge in [-0.1, -0.05) is 6.07 Å². The summed E-state index contributed by atoms with van der Waals surface area (Å²) in [6.07, 6.45) is 0.489. The van der Waals surface area contributed by atoms with Gasteiger partial charge in [0.05, 0.1) is 20.9 Å². The highest BCUT2D eigenvalue weighted by Gasteiger charge is 2.24. The molecule has 0 amide bonds. The van der Waals surface area contributed by atoms with Gasteiger partial charge in [0.15, 0.2) is 0 Å². The van der Waals surface area contributed by atoms with Crippen LogP contribution < -0.4 is 14.8 Å². The monoisotopic (exact) mass is 318 g/mol. The van der Waals surface area contributed by atoms with Gasteiger partial charge in [-0.15, -0.1) is 12.4 Å². The van der Waals surface area contributed by atoms with Crippen molar-refractivity contribution in [3.8, 4) is 11.5 Å². The van der Waals surface area contributed by atoms with Gasteiger partial charge in [-0.25, -0.2) is 0 Å². The van der Waals surface area contributed by atoms with Gasteiger partial charge in [0.2, 0.25) is 0 Å². The number of alkyl halides is 1. The molecule has 0 radical (unpaired) electrons. The molecule has 1 atom stereocenters. The molecule has 1 N–H and O–H groups in total. The number of methoxy groups -OCH3 is 2. The van der Waals surface area contributed by atoms with Gasteiger partial charge in [-0.2, -0.15) is 0 Å². The number of nitrogens with zero attached hydrogens (tertiary/aromatic N) is 1. The molecular weight excluding hydrogens is 295 g/mol. The fourth-order valence-corrected chi connectivity index (χ4v) is 2.73. The molecule has 1 aliphatic heterocycles. The number of rotatable bonds is 6. The fourth-order valence-electron chi connectivity index (χ4n) is 2.73. The zero-order valence-electron chi connectivity index (χ0n) is 12.6. The Morgan fingerprint density at radius 2 is 1.95 bits per heavy atom. The van der Waals surface area contributed by atoms with Crippen LogP contribution in [0.3, 0.4) is 0 Å². The van der Waals surface area contributed by atoms with Crippen molar-refractivity contribution in [2.24, 2.45) is 0 Å². The van der Waals surface area contributed by atoms with Crippen LogP contribution in [0.1, 0.15) is 18.0 Å². The summed E-state index contributed by atoms with van der Waals surface area (Å²) in [4.78, 5) is 2.32. The molecule has 1 saturated heterocycles. The SMILES string of the molecule is COc1ccc([C@@H](CCF)N2CCNCC2)c(OC)c1.Cl. The molecule has 1 heterocycles. The van der Waals surface area contributed by atoms with E-state index >= 15 is 0 Å². The Hall–Kier alpha value is -1.04. The summed E-state index contributed by atoms with van der Waals surface area (Å²) in [5, 5.41) is 3.32. The molecule has 0 aliphatic carbocycles. The molecule has 21 heavy (non-hydrogen) atoms. The number of benzene rings is 1. The number of ether oxygens (including phenoxy) is 2. The molecule has 6 heteroatoms. The molecular formula is C15H24ClFN2O2. The summed E-state index contributed by atoms with van der Waals surface area (Å²) < 4.78 is 23.6. The van der Waals surface area contributed by atoms with E-state index in [0.717, 1.165) is 43.2 Å². The predicted octanol–water partition coefficient (Wildman–Crippen LogP) is 2.43.